The number of aromatic nitrogens is 2. The van der Waals surface area contributed by atoms with Crippen LogP contribution in [-0.4, -0.2) is 9.97 Å². The molecule has 1 aromatic heterocycles. The summed E-state index contributed by atoms with van der Waals surface area (Å²) in [5.74, 6) is 9.40. The molecule has 1 aliphatic rings. The highest BCUT2D eigenvalue weighted by molar-refractivity contribution is 7.98. The summed E-state index contributed by atoms with van der Waals surface area (Å²) in [6.07, 6.45) is 0. The van der Waals surface area contributed by atoms with E-state index in [9.17, 15) is 0 Å². The molecular formula is C9H14N4S. The maximum absolute atomic E-state index is 5.44. The van der Waals surface area contributed by atoms with Crippen LogP contribution < -0.4 is 11.3 Å². The molecule has 3 N–H and O–H groups in total. The fraction of sp³-hybridized carbons (Fsp3) is 0.556. The Morgan fingerprint density at radius 3 is 2.79 bits per heavy atom. The van der Waals surface area contributed by atoms with Gasteiger partial charge in [0.05, 0.1) is 5.69 Å². The number of hydrogen-bond donors (Lipinski definition) is 2. The van der Waals surface area contributed by atoms with Gasteiger partial charge in [0.2, 0.25) is 0 Å². The second-order valence-corrected chi connectivity index (χ2v) is 4.63. The van der Waals surface area contributed by atoms with Crippen LogP contribution in [0.4, 0.5) is 5.82 Å². The van der Waals surface area contributed by atoms with E-state index in [1.54, 1.807) is 0 Å². The SMILES string of the molecule is CC(C)c1nc2c(c(NN)n1)CSC2. The van der Waals surface area contributed by atoms with Gasteiger partial charge in [0.15, 0.2) is 0 Å². The molecule has 1 aliphatic heterocycles. The number of nitrogen functional groups attached to an aromatic ring is 1. The van der Waals surface area contributed by atoms with Crippen molar-refractivity contribution in [3.8, 4) is 0 Å². The number of nitrogens with two attached hydrogens (primary N) is 1. The number of fused-ring (bicyclic) bond motifs is 1. The number of thioether (sulfide) groups is 1. The standard InChI is InChI=1S/C9H14N4S/c1-5(2)8-11-7-4-14-3-6(7)9(12-8)13-10/h5H,3-4,10H2,1-2H3,(H,11,12,13). The van der Waals surface area contributed by atoms with Crippen molar-refractivity contribution in [3.05, 3.63) is 17.1 Å². The van der Waals surface area contributed by atoms with Crippen molar-refractivity contribution in [1.82, 2.24) is 9.97 Å². The van der Waals surface area contributed by atoms with Crippen LogP contribution in [0.2, 0.25) is 0 Å². The number of nitrogens with zero attached hydrogens (tertiary/aromatic N) is 2. The van der Waals surface area contributed by atoms with E-state index in [1.807, 2.05) is 11.8 Å². The van der Waals surface area contributed by atoms with Crippen molar-refractivity contribution in [2.24, 2.45) is 5.84 Å². The maximum atomic E-state index is 5.44. The van der Waals surface area contributed by atoms with Crippen molar-refractivity contribution < 1.29 is 0 Å². The first-order valence-corrected chi connectivity index (χ1v) is 5.82. The Kier molecular flexibility index (Phi) is 2.60. The zero-order valence-electron chi connectivity index (χ0n) is 8.37. The molecule has 0 fully saturated rings. The Morgan fingerprint density at radius 1 is 1.36 bits per heavy atom. The van der Waals surface area contributed by atoms with Crippen molar-refractivity contribution >= 4 is 17.6 Å². The van der Waals surface area contributed by atoms with E-state index in [4.69, 9.17) is 5.84 Å². The van der Waals surface area contributed by atoms with E-state index < -0.39 is 0 Å². The Hall–Kier alpha value is -0.810. The predicted molar refractivity (Wildman–Crippen MR) is 58.9 cm³/mol. The fourth-order valence-electron chi connectivity index (χ4n) is 1.45. The number of rotatable bonds is 2. The zero-order valence-corrected chi connectivity index (χ0v) is 9.19. The number of nitrogens with one attached hydrogen (secondary N) is 1. The average Bonchev–Trinajstić information content (AvgIpc) is 2.63. The average molecular weight is 210 g/mol. The van der Waals surface area contributed by atoms with Crippen LogP contribution in [0.1, 0.15) is 36.8 Å². The lowest BCUT2D eigenvalue weighted by molar-refractivity contribution is 0.763. The molecule has 0 spiro atoms. The molecule has 0 aliphatic carbocycles. The summed E-state index contributed by atoms with van der Waals surface area (Å²) in [6, 6.07) is 0. The van der Waals surface area contributed by atoms with Gasteiger partial charge in [-0.1, -0.05) is 13.8 Å². The maximum Gasteiger partial charge on any atom is 0.148 e. The first-order valence-electron chi connectivity index (χ1n) is 4.66. The third-order valence-corrected chi connectivity index (χ3v) is 3.22. The minimum Gasteiger partial charge on any atom is -0.308 e. The molecule has 2 rings (SSSR count). The van der Waals surface area contributed by atoms with Crippen LogP contribution in [0.25, 0.3) is 0 Å². The molecule has 4 nitrogen and oxygen atoms in total. The lowest BCUT2D eigenvalue weighted by Crippen LogP contribution is -2.14. The fourth-order valence-corrected chi connectivity index (χ4v) is 2.49. The van der Waals surface area contributed by atoms with Crippen LogP contribution in [0.15, 0.2) is 0 Å². The first kappa shape index (κ1) is 9.73. The molecule has 5 heteroatoms. The predicted octanol–water partition coefficient (Wildman–Crippen LogP) is 1.63. The molecule has 0 aromatic carbocycles. The van der Waals surface area contributed by atoms with Crippen molar-refractivity contribution in [3.63, 3.8) is 0 Å². The molecule has 0 radical (unpaired) electrons. The molecule has 2 heterocycles. The largest absolute Gasteiger partial charge is 0.308 e. The van der Waals surface area contributed by atoms with Crippen molar-refractivity contribution in [1.29, 1.82) is 0 Å². The number of hydrogen-bond acceptors (Lipinski definition) is 5. The van der Waals surface area contributed by atoms with Gasteiger partial charge in [-0.15, -0.1) is 0 Å². The summed E-state index contributed by atoms with van der Waals surface area (Å²) in [5, 5.41) is 0. The van der Waals surface area contributed by atoms with E-state index >= 15 is 0 Å². The first-order chi connectivity index (χ1) is 6.72. The summed E-state index contributed by atoms with van der Waals surface area (Å²) in [4.78, 5) is 8.94. The summed E-state index contributed by atoms with van der Waals surface area (Å²) < 4.78 is 0. The highest BCUT2D eigenvalue weighted by Crippen LogP contribution is 2.33. The molecule has 0 saturated carbocycles. The minimum absolute atomic E-state index is 0.345. The molecule has 0 amide bonds. The highest BCUT2D eigenvalue weighted by Gasteiger charge is 2.19. The van der Waals surface area contributed by atoms with Gasteiger partial charge in [-0.3, -0.25) is 0 Å². The van der Waals surface area contributed by atoms with Crippen LogP contribution in [0.3, 0.4) is 0 Å². The summed E-state index contributed by atoms with van der Waals surface area (Å²) in [6.45, 7) is 4.17. The van der Waals surface area contributed by atoms with Crippen LogP contribution >= 0.6 is 11.8 Å². The molecule has 0 unspecified atom stereocenters. The molecule has 0 bridgehead atoms. The molecule has 76 valence electrons. The van der Waals surface area contributed by atoms with Crippen molar-refractivity contribution in [2.75, 3.05) is 5.43 Å². The van der Waals surface area contributed by atoms with Gasteiger partial charge in [0.1, 0.15) is 11.6 Å². The van der Waals surface area contributed by atoms with Crippen LogP contribution in [0.5, 0.6) is 0 Å². The third kappa shape index (κ3) is 1.57. The summed E-state index contributed by atoms with van der Waals surface area (Å²) in [7, 11) is 0. The van der Waals surface area contributed by atoms with Crippen molar-refractivity contribution in [2.45, 2.75) is 31.3 Å². The second-order valence-electron chi connectivity index (χ2n) is 3.65. The quantitative estimate of drug-likeness (QED) is 0.574. The lowest BCUT2D eigenvalue weighted by Gasteiger charge is -2.10. The molecular weight excluding hydrogens is 196 g/mol. The van der Waals surface area contributed by atoms with E-state index in [1.165, 1.54) is 5.56 Å². The van der Waals surface area contributed by atoms with Gasteiger partial charge < -0.3 is 5.43 Å². The second kappa shape index (κ2) is 3.74. The summed E-state index contributed by atoms with van der Waals surface area (Å²) in [5.41, 5.74) is 4.97. The Morgan fingerprint density at radius 2 is 2.14 bits per heavy atom. The van der Waals surface area contributed by atoms with Crippen LogP contribution in [-0.2, 0) is 11.5 Å². The third-order valence-electron chi connectivity index (χ3n) is 2.25. The van der Waals surface area contributed by atoms with Gasteiger partial charge in [-0.25, -0.2) is 15.8 Å². The van der Waals surface area contributed by atoms with E-state index in [0.29, 0.717) is 5.92 Å². The Bertz CT molecular complexity index is 351. The van der Waals surface area contributed by atoms with Gasteiger partial charge in [0.25, 0.3) is 0 Å². The number of anilines is 1. The van der Waals surface area contributed by atoms with Gasteiger partial charge >= 0.3 is 0 Å². The molecule has 1 aromatic rings. The highest BCUT2D eigenvalue weighted by atomic mass is 32.2. The van der Waals surface area contributed by atoms with E-state index in [0.717, 1.165) is 28.8 Å². The lowest BCUT2D eigenvalue weighted by atomic mass is 10.2. The topological polar surface area (TPSA) is 63.8 Å². The van der Waals surface area contributed by atoms with E-state index in [2.05, 4.69) is 29.2 Å². The smallest absolute Gasteiger partial charge is 0.148 e. The van der Waals surface area contributed by atoms with Gasteiger partial charge in [-0.2, -0.15) is 11.8 Å². The monoisotopic (exact) mass is 210 g/mol. The zero-order chi connectivity index (χ0) is 10.1. The molecule has 0 atom stereocenters. The molecule has 14 heavy (non-hydrogen) atoms. The van der Waals surface area contributed by atoms with Gasteiger partial charge in [-0.05, 0) is 0 Å². The Balaban J connectivity index is 2.49. The minimum atomic E-state index is 0.345. The van der Waals surface area contributed by atoms with Gasteiger partial charge in [0, 0.05) is 23.0 Å². The van der Waals surface area contributed by atoms with E-state index in [-0.39, 0.29) is 0 Å². The number of hydrazine groups is 1. The Labute approximate surface area is 87.7 Å². The molecule has 0 saturated heterocycles. The summed E-state index contributed by atoms with van der Waals surface area (Å²) >= 11 is 1.85. The normalized spacial score (nSPS) is 14.6. The van der Waals surface area contributed by atoms with Crippen LogP contribution in [0, 0.1) is 0 Å².